The summed E-state index contributed by atoms with van der Waals surface area (Å²) >= 11 is 6.00. The molecule has 2 aromatic carbocycles. The second kappa shape index (κ2) is 6.09. The molecule has 1 heterocycles. The van der Waals surface area contributed by atoms with E-state index in [1.165, 1.54) is 5.56 Å². The zero-order chi connectivity index (χ0) is 15.7. The zero-order valence-electron chi connectivity index (χ0n) is 13.0. The fourth-order valence-electron chi connectivity index (χ4n) is 3.13. The number of methoxy groups -OCH3 is 2. The maximum absolute atomic E-state index is 6.00. The first kappa shape index (κ1) is 15.0. The van der Waals surface area contributed by atoms with Crippen molar-refractivity contribution in [3.05, 3.63) is 53.1 Å². The number of benzene rings is 2. The number of anilines is 1. The normalized spacial score (nSPS) is 20.5. The van der Waals surface area contributed by atoms with Crippen molar-refractivity contribution in [2.24, 2.45) is 5.92 Å². The lowest BCUT2D eigenvalue weighted by molar-refractivity contribution is 0.323. The highest BCUT2D eigenvalue weighted by atomic mass is 35.5. The fraction of sp³-hybridized carbons (Fsp3) is 0.333. The van der Waals surface area contributed by atoms with Gasteiger partial charge in [-0.25, -0.2) is 0 Å². The van der Waals surface area contributed by atoms with Gasteiger partial charge < -0.3 is 14.4 Å². The van der Waals surface area contributed by atoms with E-state index in [-0.39, 0.29) is 0 Å². The molecule has 0 saturated carbocycles. The molecule has 2 aromatic rings. The Morgan fingerprint density at radius 3 is 2.27 bits per heavy atom. The smallest absolute Gasteiger partial charge is 0.162 e. The van der Waals surface area contributed by atoms with E-state index >= 15 is 0 Å². The Hall–Kier alpha value is -1.87. The maximum Gasteiger partial charge on any atom is 0.162 e. The summed E-state index contributed by atoms with van der Waals surface area (Å²) < 4.78 is 10.7. The Kier molecular flexibility index (Phi) is 4.16. The predicted molar refractivity (Wildman–Crippen MR) is 90.2 cm³/mol. The first-order chi connectivity index (χ1) is 10.6. The molecule has 0 amide bonds. The number of halogens is 1. The summed E-state index contributed by atoms with van der Waals surface area (Å²) in [6.45, 7) is 3.30. The van der Waals surface area contributed by atoms with Gasteiger partial charge in [0.2, 0.25) is 0 Å². The maximum atomic E-state index is 6.00. The molecule has 2 atom stereocenters. The Morgan fingerprint density at radius 1 is 1.00 bits per heavy atom. The van der Waals surface area contributed by atoms with Crippen LogP contribution in [0.1, 0.15) is 18.5 Å². The summed E-state index contributed by atoms with van der Waals surface area (Å²) in [4.78, 5) is 2.38. The van der Waals surface area contributed by atoms with Gasteiger partial charge in [-0.1, -0.05) is 30.7 Å². The summed E-state index contributed by atoms with van der Waals surface area (Å²) in [7, 11) is 3.32. The average molecular weight is 318 g/mol. The van der Waals surface area contributed by atoms with Gasteiger partial charge in [0.25, 0.3) is 0 Å². The van der Waals surface area contributed by atoms with Crippen LogP contribution in [-0.2, 0) is 0 Å². The van der Waals surface area contributed by atoms with Crippen molar-refractivity contribution in [1.29, 1.82) is 0 Å². The fourth-order valence-corrected chi connectivity index (χ4v) is 3.26. The highest BCUT2D eigenvalue weighted by Gasteiger charge is 2.37. The van der Waals surface area contributed by atoms with Gasteiger partial charge in [0.15, 0.2) is 11.5 Å². The van der Waals surface area contributed by atoms with Gasteiger partial charge >= 0.3 is 0 Å². The van der Waals surface area contributed by atoms with Gasteiger partial charge in [0.1, 0.15) is 0 Å². The first-order valence-corrected chi connectivity index (χ1v) is 7.76. The molecule has 0 N–H and O–H groups in total. The molecule has 1 saturated heterocycles. The van der Waals surface area contributed by atoms with Gasteiger partial charge in [-0.05, 0) is 35.7 Å². The lowest BCUT2D eigenvalue weighted by atomic mass is 9.84. The van der Waals surface area contributed by atoms with E-state index in [1.807, 2.05) is 24.3 Å². The Bertz CT molecular complexity index is 657. The first-order valence-electron chi connectivity index (χ1n) is 7.38. The minimum Gasteiger partial charge on any atom is -0.493 e. The summed E-state index contributed by atoms with van der Waals surface area (Å²) in [5.74, 6) is 2.12. The lowest BCUT2D eigenvalue weighted by Gasteiger charge is -2.49. The number of hydrogen-bond acceptors (Lipinski definition) is 3. The molecule has 0 aliphatic carbocycles. The molecule has 3 nitrogen and oxygen atoms in total. The summed E-state index contributed by atoms with van der Waals surface area (Å²) in [5.41, 5.74) is 2.44. The number of rotatable bonds is 4. The van der Waals surface area contributed by atoms with Crippen LogP contribution in [0.25, 0.3) is 0 Å². The van der Waals surface area contributed by atoms with Gasteiger partial charge in [0, 0.05) is 23.3 Å². The van der Waals surface area contributed by atoms with Crippen LogP contribution < -0.4 is 14.4 Å². The Morgan fingerprint density at radius 2 is 1.68 bits per heavy atom. The van der Waals surface area contributed by atoms with E-state index in [1.54, 1.807) is 14.2 Å². The van der Waals surface area contributed by atoms with Crippen molar-refractivity contribution in [2.75, 3.05) is 25.7 Å². The quantitative estimate of drug-likeness (QED) is 0.825. The van der Waals surface area contributed by atoms with E-state index in [0.717, 1.165) is 28.8 Å². The van der Waals surface area contributed by atoms with Crippen LogP contribution in [0, 0.1) is 5.92 Å². The topological polar surface area (TPSA) is 21.7 Å². The molecule has 1 aliphatic heterocycles. The molecule has 0 aromatic heterocycles. The molecule has 116 valence electrons. The van der Waals surface area contributed by atoms with Gasteiger partial charge in [-0.15, -0.1) is 0 Å². The van der Waals surface area contributed by atoms with Crippen LogP contribution in [0.15, 0.2) is 42.5 Å². The van der Waals surface area contributed by atoms with E-state index in [0.29, 0.717) is 12.0 Å². The number of ether oxygens (including phenoxy) is 2. The van der Waals surface area contributed by atoms with Crippen molar-refractivity contribution in [1.82, 2.24) is 0 Å². The third-order valence-corrected chi connectivity index (χ3v) is 4.52. The van der Waals surface area contributed by atoms with Crippen molar-refractivity contribution < 1.29 is 9.47 Å². The number of hydrogen-bond donors (Lipinski definition) is 0. The highest BCUT2D eigenvalue weighted by molar-refractivity contribution is 6.30. The van der Waals surface area contributed by atoms with Crippen LogP contribution in [0.3, 0.4) is 0 Å². The van der Waals surface area contributed by atoms with Crippen LogP contribution in [-0.4, -0.2) is 20.8 Å². The van der Waals surface area contributed by atoms with Crippen molar-refractivity contribution in [3.8, 4) is 11.5 Å². The second-order valence-electron chi connectivity index (χ2n) is 5.67. The number of nitrogens with zero attached hydrogens (tertiary/aromatic N) is 1. The average Bonchev–Trinajstić information content (AvgIpc) is 2.54. The molecule has 1 aliphatic rings. The van der Waals surface area contributed by atoms with E-state index < -0.39 is 0 Å². The van der Waals surface area contributed by atoms with Crippen molar-refractivity contribution in [2.45, 2.75) is 13.0 Å². The van der Waals surface area contributed by atoms with Crippen molar-refractivity contribution in [3.63, 3.8) is 0 Å². The van der Waals surface area contributed by atoms with Gasteiger partial charge in [-0.3, -0.25) is 0 Å². The molecule has 4 heteroatoms. The summed E-state index contributed by atoms with van der Waals surface area (Å²) in [6.07, 6.45) is 0. The largest absolute Gasteiger partial charge is 0.493 e. The third kappa shape index (κ3) is 2.61. The standard InChI is InChI=1S/C18H20ClNO2/c1-12-11-20(18(12)13-4-6-14(19)7-5-13)15-8-9-16(21-2)17(10-15)22-3/h4-10,12,18H,11H2,1-3H3/t12-,18+/m1/s1. The van der Waals surface area contributed by atoms with Crippen LogP contribution in [0.2, 0.25) is 5.02 Å². The second-order valence-corrected chi connectivity index (χ2v) is 6.10. The Labute approximate surface area is 136 Å². The molecule has 3 rings (SSSR count). The molecular formula is C18H20ClNO2. The van der Waals surface area contributed by atoms with Crippen LogP contribution in [0.4, 0.5) is 5.69 Å². The van der Waals surface area contributed by atoms with Crippen LogP contribution >= 0.6 is 11.6 Å². The summed E-state index contributed by atoms with van der Waals surface area (Å²) in [6, 6.07) is 14.6. The third-order valence-electron chi connectivity index (χ3n) is 4.27. The van der Waals surface area contributed by atoms with Crippen LogP contribution in [0.5, 0.6) is 11.5 Å². The molecule has 0 spiro atoms. The van der Waals surface area contributed by atoms with E-state index in [4.69, 9.17) is 21.1 Å². The summed E-state index contributed by atoms with van der Waals surface area (Å²) in [5, 5.41) is 0.772. The Balaban J connectivity index is 1.90. The van der Waals surface area contributed by atoms with Gasteiger partial charge in [0.05, 0.1) is 20.3 Å². The monoisotopic (exact) mass is 317 g/mol. The molecule has 0 bridgehead atoms. The molecule has 1 fully saturated rings. The molecule has 22 heavy (non-hydrogen) atoms. The molecular weight excluding hydrogens is 298 g/mol. The highest BCUT2D eigenvalue weighted by Crippen LogP contribution is 2.44. The lowest BCUT2D eigenvalue weighted by Crippen LogP contribution is -2.48. The van der Waals surface area contributed by atoms with Crippen molar-refractivity contribution >= 4 is 17.3 Å². The molecule has 0 radical (unpaired) electrons. The molecule has 0 unspecified atom stereocenters. The zero-order valence-corrected chi connectivity index (χ0v) is 13.8. The van der Waals surface area contributed by atoms with E-state index in [9.17, 15) is 0 Å². The SMILES string of the molecule is COc1ccc(N2C[C@@H](C)[C@H]2c2ccc(Cl)cc2)cc1OC. The van der Waals surface area contributed by atoms with Gasteiger partial charge in [-0.2, -0.15) is 0 Å². The minimum absolute atomic E-state index is 0.371. The van der Waals surface area contributed by atoms with E-state index in [2.05, 4.69) is 30.0 Å². The predicted octanol–water partition coefficient (Wildman–Crippen LogP) is 4.55. The minimum atomic E-state index is 0.371.